The van der Waals surface area contributed by atoms with Crippen molar-refractivity contribution in [3.05, 3.63) is 28.7 Å². The first-order valence-electron chi connectivity index (χ1n) is 6.64. The Bertz CT molecular complexity index is 689. The molecule has 3 heterocycles. The Kier molecular flexibility index (Phi) is 4.12. The number of aromatic carboxylic acids is 1. The maximum Gasteiger partial charge on any atom is 0.337 e. The van der Waals surface area contributed by atoms with Crippen LogP contribution < -0.4 is 0 Å². The van der Waals surface area contributed by atoms with Crippen molar-refractivity contribution >= 4 is 29.3 Å². The van der Waals surface area contributed by atoms with Crippen molar-refractivity contribution in [2.45, 2.75) is 42.4 Å². The van der Waals surface area contributed by atoms with E-state index in [2.05, 4.69) is 19.7 Å². The second kappa shape index (κ2) is 6.03. The fraction of sp³-hybridized carbons (Fsp3) is 0.385. The normalized spacial score (nSPS) is 14.5. The van der Waals surface area contributed by atoms with E-state index in [9.17, 15) is 4.79 Å². The van der Waals surface area contributed by atoms with Crippen LogP contribution in [0.3, 0.4) is 0 Å². The minimum atomic E-state index is -1.07. The summed E-state index contributed by atoms with van der Waals surface area (Å²) in [6, 6.07) is 1.39. The molecule has 1 aliphatic rings. The van der Waals surface area contributed by atoms with E-state index in [1.165, 1.54) is 30.4 Å². The average Bonchev–Trinajstić information content (AvgIpc) is 2.69. The molecule has 0 saturated carbocycles. The Labute approximate surface area is 130 Å². The molecule has 0 spiro atoms. The zero-order valence-electron chi connectivity index (χ0n) is 11.1. The average molecular weight is 325 g/mol. The molecule has 0 radical (unpaired) electrons. The predicted octanol–water partition coefficient (Wildman–Crippen LogP) is 2.90. The van der Waals surface area contributed by atoms with Crippen molar-refractivity contribution in [2.75, 3.05) is 0 Å². The Balaban J connectivity index is 1.93. The maximum atomic E-state index is 11.1. The van der Waals surface area contributed by atoms with Crippen LogP contribution in [0.1, 0.15) is 35.4 Å². The number of halogens is 1. The summed E-state index contributed by atoms with van der Waals surface area (Å²) in [5, 5.41) is 18.8. The van der Waals surface area contributed by atoms with Crippen LogP contribution in [0.25, 0.3) is 0 Å². The summed E-state index contributed by atoms with van der Waals surface area (Å²) in [4.78, 5) is 15.3. The fourth-order valence-corrected chi connectivity index (χ4v) is 3.46. The van der Waals surface area contributed by atoms with Crippen molar-refractivity contribution in [1.82, 2.24) is 19.7 Å². The van der Waals surface area contributed by atoms with Gasteiger partial charge in [0.05, 0.1) is 10.6 Å². The molecule has 0 unspecified atom stereocenters. The molecule has 0 amide bonds. The standard InChI is InChI=1S/C13H13ClN4O2S/c14-10-8(12(19)20)5-6-15-11(10)21-13-17-16-9-4-2-1-3-7-18(9)13/h5-6H,1-4,7H2,(H,19,20). The number of aryl methyl sites for hydroxylation is 1. The molecule has 6 nitrogen and oxygen atoms in total. The van der Waals surface area contributed by atoms with E-state index in [-0.39, 0.29) is 10.6 Å². The molecule has 2 aromatic heterocycles. The zero-order valence-corrected chi connectivity index (χ0v) is 12.7. The number of hydrogen-bond donors (Lipinski definition) is 1. The summed E-state index contributed by atoms with van der Waals surface area (Å²) >= 11 is 7.37. The number of fused-ring (bicyclic) bond motifs is 1. The summed E-state index contributed by atoms with van der Waals surface area (Å²) < 4.78 is 2.07. The molecular formula is C13H13ClN4O2S. The Hall–Kier alpha value is -1.60. The number of nitrogens with zero attached hydrogens (tertiary/aromatic N) is 4. The maximum absolute atomic E-state index is 11.1. The van der Waals surface area contributed by atoms with Gasteiger partial charge in [-0.1, -0.05) is 18.0 Å². The molecule has 110 valence electrons. The molecule has 3 rings (SSSR count). The number of carboxylic acid groups (broad SMARTS) is 1. The molecule has 0 aliphatic carbocycles. The molecule has 0 aromatic carbocycles. The molecule has 2 aromatic rings. The van der Waals surface area contributed by atoms with E-state index in [0.717, 1.165) is 31.6 Å². The number of carbonyl (C=O) groups is 1. The minimum Gasteiger partial charge on any atom is -0.478 e. The van der Waals surface area contributed by atoms with Crippen LogP contribution in [-0.4, -0.2) is 30.8 Å². The molecule has 0 fully saturated rings. The van der Waals surface area contributed by atoms with Crippen LogP contribution in [0, 0.1) is 0 Å². The van der Waals surface area contributed by atoms with Crippen molar-refractivity contribution in [3.8, 4) is 0 Å². The third-order valence-corrected chi connectivity index (χ3v) is 4.83. The van der Waals surface area contributed by atoms with Crippen LogP contribution >= 0.6 is 23.4 Å². The largest absolute Gasteiger partial charge is 0.478 e. The molecule has 21 heavy (non-hydrogen) atoms. The summed E-state index contributed by atoms with van der Waals surface area (Å²) in [7, 11) is 0. The molecule has 0 saturated heterocycles. The van der Waals surface area contributed by atoms with Gasteiger partial charge in [-0.3, -0.25) is 0 Å². The number of hydrogen-bond acceptors (Lipinski definition) is 5. The highest BCUT2D eigenvalue weighted by atomic mass is 35.5. The van der Waals surface area contributed by atoms with E-state index < -0.39 is 5.97 Å². The van der Waals surface area contributed by atoms with Crippen molar-refractivity contribution < 1.29 is 9.90 Å². The summed E-state index contributed by atoms with van der Waals surface area (Å²) in [6.07, 6.45) is 5.76. The summed E-state index contributed by atoms with van der Waals surface area (Å²) in [5.41, 5.74) is 0.0461. The molecule has 1 aliphatic heterocycles. The number of pyridine rings is 1. The van der Waals surface area contributed by atoms with E-state index in [4.69, 9.17) is 16.7 Å². The Morgan fingerprint density at radius 1 is 1.33 bits per heavy atom. The van der Waals surface area contributed by atoms with E-state index in [1.54, 1.807) is 0 Å². The number of carboxylic acids is 1. The topological polar surface area (TPSA) is 80.9 Å². The van der Waals surface area contributed by atoms with Gasteiger partial charge in [-0.05, 0) is 30.7 Å². The van der Waals surface area contributed by atoms with E-state index in [0.29, 0.717) is 10.2 Å². The fourth-order valence-electron chi connectivity index (χ4n) is 2.28. The van der Waals surface area contributed by atoms with Gasteiger partial charge in [-0.15, -0.1) is 10.2 Å². The molecule has 1 N–H and O–H groups in total. The van der Waals surface area contributed by atoms with Gasteiger partial charge < -0.3 is 9.67 Å². The van der Waals surface area contributed by atoms with Crippen LogP contribution in [-0.2, 0) is 13.0 Å². The second-order valence-corrected chi connectivity index (χ2v) is 6.08. The Morgan fingerprint density at radius 2 is 2.19 bits per heavy atom. The van der Waals surface area contributed by atoms with Crippen LogP contribution in [0.15, 0.2) is 22.4 Å². The van der Waals surface area contributed by atoms with Crippen LogP contribution in [0.5, 0.6) is 0 Å². The highest BCUT2D eigenvalue weighted by Crippen LogP contribution is 2.33. The van der Waals surface area contributed by atoms with Gasteiger partial charge in [0.2, 0.25) is 0 Å². The van der Waals surface area contributed by atoms with Crippen LogP contribution in [0.4, 0.5) is 0 Å². The highest BCUT2D eigenvalue weighted by Gasteiger charge is 2.19. The van der Waals surface area contributed by atoms with E-state index >= 15 is 0 Å². The number of aromatic nitrogens is 4. The van der Waals surface area contributed by atoms with Crippen molar-refractivity contribution in [3.63, 3.8) is 0 Å². The van der Waals surface area contributed by atoms with Gasteiger partial charge in [0.25, 0.3) is 0 Å². The van der Waals surface area contributed by atoms with Gasteiger partial charge in [-0.25, -0.2) is 9.78 Å². The molecular weight excluding hydrogens is 312 g/mol. The lowest BCUT2D eigenvalue weighted by atomic mass is 10.2. The Morgan fingerprint density at radius 3 is 3.00 bits per heavy atom. The number of rotatable bonds is 3. The van der Waals surface area contributed by atoms with Gasteiger partial charge >= 0.3 is 5.97 Å². The minimum absolute atomic E-state index is 0.0461. The lowest BCUT2D eigenvalue weighted by molar-refractivity contribution is 0.0696. The molecule has 0 bridgehead atoms. The first kappa shape index (κ1) is 14.3. The smallest absolute Gasteiger partial charge is 0.337 e. The van der Waals surface area contributed by atoms with Gasteiger partial charge in [-0.2, -0.15) is 0 Å². The van der Waals surface area contributed by atoms with Crippen molar-refractivity contribution in [2.24, 2.45) is 0 Å². The second-order valence-electron chi connectivity index (χ2n) is 4.75. The third kappa shape index (κ3) is 2.89. The molecule has 0 atom stereocenters. The third-order valence-electron chi connectivity index (χ3n) is 3.35. The van der Waals surface area contributed by atoms with Gasteiger partial charge in [0.1, 0.15) is 10.9 Å². The van der Waals surface area contributed by atoms with Crippen LogP contribution in [0.2, 0.25) is 5.02 Å². The molecule has 8 heteroatoms. The summed E-state index contributed by atoms with van der Waals surface area (Å²) in [6.45, 7) is 0.876. The van der Waals surface area contributed by atoms with Crippen molar-refractivity contribution in [1.29, 1.82) is 0 Å². The van der Waals surface area contributed by atoms with Gasteiger partial charge in [0, 0.05) is 19.2 Å². The SMILES string of the molecule is O=C(O)c1ccnc(Sc2nnc3n2CCCCC3)c1Cl. The lowest BCUT2D eigenvalue weighted by Gasteiger charge is -2.07. The lowest BCUT2D eigenvalue weighted by Crippen LogP contribution is -2.03. The van der Waals surface area contributed by atoms with E-state index in [1.807, 2.05) is 0 Å². The zero-order chi connectivity index (χ0) is 14.8. The first-order valence-corrected chi connectivity index (χ1v) is 7.84. The first-order chi connectivity index (χ1) is 10.2. The monoisotopic (exact) mass is 324 g/mol. The highest BCUT2D eigenvalue weighted by molar-refractivity contribution is 7.99. The predicted molar refractivity (Wildman–Crippen MR) is 77.9 cm³/mol. The quantitative estimate of drug-likeness (QED) is 0.935. The van der Waals surface area contributed by atoms with Gasteiger partial charge in [0.15, 0.2) is 5.16 Å². The summed E-state index contributed by atoms with van der Waals surface area (Å²) in [5.74, 6) is -0.0927.